The topological polar surface area (TPSA) is 115 Å². The predicted molar refractivity (Wildman–Crippen MR) is 145 cm³/mol. The third-order valence-electron chi connectivity index (χ3n) is 7.70. The summed E-state index contributed by atoms with van der Waals surface area (Å²) in [6, 6.07) is 8.17. The van der Waals surface area contributed by atoms with Crippen LogP contribution < -0.4 is 10.2 Å². The van der Waals surface area contributed by atoms with Crippen LogP contribution in [-0.4, -0.2) is 61.9 Å². The molecule has 0 aliphatic carbocycles. The fraction of sp³-hybridized carbons (Fsp3) is 0.538. The zero-order valence-electron chi connectivity index (χ0n) is 20.8. The maximum Gasteiger partial charge on any atom is 0.407 e. The Morgan fingerprint density at radius 1 is 1.21 bits per heavy atom. The van der Waals surface area contributed by atoms with Crippen LogP contribution in [0.25, 0.3) is 11.2 Å². The summed E-state index contributed by atoms with van der Waals surface area (Å²) in [5.74, 6) is 0.480. The molecule has 38 heavy (non-hydrogen) atoms. The molecule has 0 saturated carbocycles. The van der Waals surface area contributed by atoms with E-state index in [0.717, 1.165) is 31.2 Å². The highest BCUT2D eigenvalue weighted by atomic mass is 127. The Bertz CT molecular complexity index is 1300. The van der Waals surface area contributed by atoms with Crippen molar-refractivity contribution in [2.24, 2.45) is 0 Å². The van der Waals surface area contributed by atoms with Gasteiger partial charge in [-0.25, -0.2) is 23.8 Å². The van der Waals surface area contributed by atoms with Gasteiger partial charge >= 0.3 is 6.09 Å². The summed E-state index contributed by atoms with van der Waals surface area (Å²) in [6.45, 7) is 0.474. The summed E-state index contributed by atoms with van der Waals surface area (Å²) in [5, 5.41) is 17.6. The molecular weight excluding hydrogens is 606 g/mol. The van der Waals surface area contributed by atoms with Crippen LogP contribution in [0.3, 0.4) is 0 Å². The molecule has 5 atom stereocenters. The molecule has 0 spiro atoms. The van der Waals surface area contributed by atoms with E-state index in [1.807, 2.05) is 35.2 Å². The second-order valence-corrected chi connectivity index (χ2v) is 11.1. The van der Waals surface area contributed by atoms with Gasteiger partial charge in [0.25, 0.3) is 0 Å². The molecule has 10 nitrogen and oxygen atoms in total. The lowest BCUT2D eigenvalue weighted by Gasteiger charge is -2.42. The number of nitrogens with zero attached hydrogens (tertiary/aromatic N) is 5. The molecule has 3 fully saturated rings. The maximum absolute atomic E-state index is 15.9. The molecule has 3 saturated heterocycles. The van der Waals surface area contributed by atoms with E-state index in [1.54, 1.807) is 4.68 Å². The van der Waals surface area contributed by atoms with Crippen molar-refractivity contribution in [3.8, 4) is 0 Å². The van der Waals surface area contributed by atoms with Gasteiger partial charge in [-0.2, -0.15) is 5.10 Å². The highest BCUT2D eigenvalue weighted by molar-refractivity contribution is 14.1. The Morgan fingerprint density at radius 3 is 2.82 bits per heavy atom. The van der Waals surface area contributed by atoms with Gasteiger partial charge in [0.2, 0.25) is 0 Å². The molecule has 3 aromatic rings. The number of fused-ring (bicyclic) bond motifs is 3. The molecule has 2 N–H and O–H groups in total. The van der Waals surface area contributed by atoms with Gasteiger partial charge in [0, 0.05) is 12.6 Å². The van der Waals surface area contributed by atoms with Crippen LogP contribution in [0.4, 0.5) is 15.0 Å². The van der Waals surface area contributed by atoms with E-state index in [1.165, 1.54) is 0 Å². The van der Waals surface area contributed by atoms with Crippen LogP contribution in [-0.2, 0) is 22.7 Å². The number of aromatic nitrogens is 4. The minimum absolute atomic E-state index is 0.0511. The minimum Gasteiger partial charge on any atom is -0.445 e. The lowest BCUT2D eigenvalue weighted by Crippen LogP contribution is -2.58. The number of carbonyl (C=O) groups excluding carboxylic acids is 1. The SMILES string of the molecule is O=C(N[C@H]1C[C@H]2CC[C@@H]([C@H]1F)N2c1nc2c(nc1CO)c(I)nn2C1CCCCO1)OCc1ccccc1. The minimum atomic E-state index is -1.33. The molecule has 1 unspecified atom stereocenters. The van der Waals surface area contributed by atoms with E-state index in [0.29, 0.717) is 45.8 Å². The fourth-order valence-electron chi connectivity index (χ4n) is 5.90. The highest BCUT2D eigenvalue weighted by Gasteiger charge is 2.49. The van der Waals surface area contributed by atoms with Crippen LogP contribution in [0.5, 0.6) is 0 Å². The lowest BCUT2D eigenvalue weighted by molar-refractivity contribution is -0.0372. The zero-order valence-corrected chi connectivity index (χ0v) is 23.0. The standard InChI is InChI=1S/C26H30FIN6O4/c27-21-17(30-26(36)38-14-15-6-2-1-3-7-15)12-16-9-10-19(21)33(16)24-18(13-35)29-22-23(28)32-34(25(22)31-24)20-8-4-5-11-37-20/h1-3,6-7,16-17,19-21,35H,4-5,8-14H2,(H,30,36)/t16-,17+,19+,20?,21+/m1/s1. The number of aliphatic hydroxyl groups excluding tert-OH is 1. The number of ether oxygens (including phenoxy) is 2. The largest absolute Gasteiger partial charge is 0.445 e. The van der Waals surface area contributed by atoms with Gasteiger partial charge in [0.05, 0.1) is 18.7 Å². The second-order valence-electron chi connectivity index (χ2n) is 10.1. The quantitative estimate of drug-likeness (QED) is 0.391. The monoisotopic (exact) mass is 636 g/mol. The number of carbonyl (C=O) groups is 1. The van der Waals surface area contributed by atoms with Gasteiger partial charge in [-0.15, -0.1) is 0 Å². The second kappa shape index (κ2) is 10.9. The number of aliphatic hydroxyl groups is 1. The number of hydrogen-bond acceptors (Lipinski definition) is 8. The Labute approximate surface area is 233 Å². The number of halogens is 2. The molecule has 202 valence electrons. The number of anilines is 1. The molecular formula is C26H30FIN6O4. The first-order chi connectivity index (χ1) is 18.5. The number of hydrogen-bond donors (Lipinski definition) is 2. The average molecular weight is 636 g/mol. The van der Waals surface area contributed by atoms with Gasteiger partial charge in [0.1, 0.15) is 24.0 Å². The van der Waals surface area contributed by atoms with Crippen LogP contribution >= 0.6 is 22.6 Å². The van der Waals surface area contributed by atoms with Crippen molar-refractivity contribution in [3.63, 3.8) is 0 Å². The Morgan fingerprint density at radius 2 is 2.05 bits per heavy atom. The fourth-order valence-corrected chi connectivity index (χ4v) is 6.50. The lowest BCUT2D eigenvalue weighted by atomic mass is 9.95. The van der Waals surface area contributed by atoms with E-state index in [-0.39, 0.29) is 25.5 Å². The van der Waals surface area contributed by atoms with Gasteiger partial charge in [-0.1, -0.05) is 30.3 Å². The third-order valence-corrected chi connectivity index (χ3v) is 8.43. The van der Waals surface area contributed by atoms with Crippen molar-refractivity contribution < 1.29 is 23.8 Å². The molecule has 0 radical (unpaired) electrons. The van der Waals surface area contributed by atoms with Gasteiger partial charge in [0.15, 0.2) is 21.4 Å². The predicted octanol–water partition coefficient (Wildman–Crippen LogP) is 4.00. The van der Waals surface area contributed by atoms with Crippen molar-refractivity contribution in [2.75, 3.05) is 11.5 Å². The molecule has 6 rings (SSSR count). The number of rotatable bonds is 6. The molecule has 3 aliphatic heterocycles. The first-order valence-corrected chi connectivity index (χ1v) is 14.2. The number of benzene rings is 1. The normalized spacial score (nSPS) is 27.0. The molecule has 12 heteroatoms. The van der Waals surface area contributed by atoms with Crippen molar-refractivity contribution in [3.05, 3.63) is 45.3 Å². The van der Waals surface area contributed by atoms with Crippen LogP contribution in [0.15, 0.2) is 30.3 Å². The molecule has 1 amide bonds. The number of nitrogens with one attached hydrogen (secondary N) is 1. The Hall–Kier alpha value is -2.58. The van der Waals surface area contributed by atoms with E-state index in [4.69, 9.17) is 19.4 Å². The van der Waals surface area contributed by atoms with E-state index in [2.05, 4.69) is 33.0 Å². The third kappa shape index (κ3) is 4.81. The summed E-state index contributed by atoms with van der Waals surface area (Å²) >= 11 is 2.12. The van der Waals surface area contributed by atoms with E-state index < -0.39 is 24.3 Å². The summed E-state index contributed by atoms with van der Waals surface area (Å²) < 4.78 is 29.6. The summed E-state index contributed by atoms with van der Waals surface area (Å²) in [6.07, 6.45) is 2.51. The van der Waals surface area contributed by atoms with Crippen molar-refractivity contribution >= 4 is 45.7 Å². The Kier molecular flexibility index (Phi) is 7.36. The van der Waals surface area contributed by atoms with Crippen molar-refractivity contribution in [1.82, 2.24) is 25.1 Å². The number of piperidine rings is 1. The van der Waals surface area contributed by atoms with Gasteiger partial charge in [-0.3, -0.25) is 0 Å². The molecule has 3 aliphatic rings. The number of amides is 1. The first-order valence-electron chi connectivity index (χ1n) is 13.1. The van der Waals surface area contributed by atoms with E-state index in [9.17, 15) is 9.90 Å². The number of alkyl carbamates (subject to hydrolysis) is 1. The van der Waals surface area contributed by atoms with Crippen LogP contribution in [0.1, 0.15) is 56.0 Å². The van der Waals surface area contributed by atoms with E-state index >= 15 is 4.39 Å². The summed E-state index contributed by atoms with van der Waals surface area (Å²) in [4.78, 5) is 24.1. The first kappa shape index (κ1) is 25.7. The van der Waals surface area contributed by atoms with Crippen LogP contribution in [0.2, 0.25) is 0 Å². The highest BCUT2D eigenvalue weighted by Crippen LogP contribution is 2.42. The molecule has 5 heterocycles. The van der Waals surface area contributed by atoms with Crippen molar-refractivity contribution in [2.45, 2.75) is 82.3 Å². The number of alkyl halides is 1. The maximum atomic E-state index is 15.9. The summed E-state index contributed by atoms with van der Waals surface area (Å²) in [5.41, 5.74) is 2.45. The summed E-state index contributed by atoms with van der Waals surface area (Å²) in [7, 11) is 0. The Balaban J connectivity index is 1.23. The smallest absolute Gasteiger partial charge is 0.407 e. The van der Waals surface area contributed by atoms with Gasteiger partial charge in [-0.05, 0) is 66.7 Å². The van der Waals surface area contributed by atoms with Gasteiger partial charge < -0.3 is 24.8 Å². The molecule has 2 aromatic heterocycles. The average Bonchev–Trinajstić information content (AvgIpc) is 3.46. The van der Waals surface area contributed by atoms with Crippen molar-refractivity contribution in [1.29, 1.82) is 0 Å². The molecule has 2 bridgehead atoms. The molecule has 1 aromatic carbocycles. The zero-order chi connectivity index (χ0) is 26.2. The van der Waals surface area contributed by atoms with Crippen LogP contribution in [0, 0.1) is 3.70 Å².